The Morgan fingerprint density at radius 1 is 0.758 bits per heavy atom. The molecule has 0 aromatic heterocycles. The fourth-order valence-electron chi connectivity index (χ4n) is 2.78. The summed E-state index contributed by atoms with van der Waals surface area (Å²) in [5.74, 6) is -1.33. The second kappa shape index (κ2) is 9.14. The first-order valence-electron chi connectivity index (χ1n) is 9.07. The maximum Gasteiger partial charge on any atom is 0.416 e. The van der Waals surface area contributed by atoms with E-state index >= 15 is 0 Å². The molecule has 33 heavy (non-hydrogen) atoms. The number of hydrogen-bond donors (Lipinski definition) is 2. The van der Waals surface area contributed by atoms with E-state index in [4.69, 9.17) is 11.6 Å². The summed E-state index contributed by atoms with van der Waals surface area (Å²) in [5.41, 5.74) is -1.15. The van der Waals surface area contributed by atoms with Gasteiger partial charge < -0.3 is 5.11 Å². The smallest absolute Gasteiger partial charge is 0.416 e. The number of aromatic hydroxyl groups is 1. The van der Waals surface area contributed by atoms with E-state index in [1.807, 2.05) is 5.43 Å². The van der Waals surface area contributed by atoms with Gasteiger partial charge in [-0.3, -0.25) is 4.79 Å². The van der Waals surface area contributed by atoms with Crippen LogP contribution in [0.4, 0.5) is 26.3 Å². The highest BCUT2D eigenvalue weighted by Gasteiger charge is 2.37. The van der Waals surface area contributed by atoms with Crippen molar-refractivity contribution >= 4 is 23.2 Å². The lowest BCUT2D eigenvalue weighted by Gasteiger charge is -2.14. The van der Waals surface area contributed by atoms with Gasteiger partial charge in [-0.1, -0.05) is 23.7 Å². The van der Waals surface area contributed by atoms with E-state index in [1.165, 1.54) is 36.4 Å². The van der Waals surface area contributed by atoms with Gasteiger partial charge >= 0.3 is 12.4 Å². The SMILES string of the molecule is O=C(NN=C(c1ccc(O)cc1)c1ccc(Cl)cc1)c1cc(C(F)(F)F)cc(C(F)(F)F)c1. The van der Waals surface area contributed by atoms with Gasteiger partial charge in [0.25, 0.3) is 5.91 Å². The molecule has 0 unspecified atom stereocenters. The number of hydrazone groups is 1. The van der Waals surface area contributed by atoms with E-state index in [0.29, 0.717) is 28.3 Å². The van der Waals surface area contributed by atoms with Crippen LogP contribution in [0.25, 0.3) is 0 Å². The van der Waals surface area contributed by atoms with E-state index < -0.39 is 35.0 Å². The molecule has 11 heteroatoms. The summed E-state index contributed by atoms with van der Waals surface area (Å²) < 4.78 is 78.4. The summed E-state index contributed by atoms with van der Waals surface area (Å²) in [7, 11) is 0. The average Bonchev–Trinajstić information content (AvgIpc) is 2.74. The van der Waals surface area contributed by atoms with Gasteiger partial charge in [-0.2, -0.15) is 31.4 Å². The van der Waals surface area contributed by atoms with Crippen LogP contribution in [0.15, 0.2) is 71.8 Å². The Morgan fingerprint density at radius 3 is 1.67 bits per heavy atom. The van der Waals surface area contributed by atoms with Crippen molar-refractivity contribution in [3.05, 3.63) is 99.6 Å². The van der Waals surface area contributed by atoms with Gasteiger partial charge in [0.2, 0.25) is 0 Å². The zero-order valence-electron chi connectivity index (χ0n) is 16.3. The van der Waals surface area contributed by atoms with Gasteiger partial charge in [-0.15, -0.1) is 0 Å². The summed E-state index contributed by atoms with van der Waals surface area (Å²) in [6.45, 7) is 0. The average molecular weight is 487 g/mol. The van der Waals surface area contributed by atoms with Gasteiger partial charge in [-0.05, 0) is 54.6 Å². The van der Waals surface area contributed by atoms with Gasteiger partial charge in [0.15, 0.2) is 0 Å². The van der Waals surface area contributed by atoms with Crippen molar-refractivity contribution in [1.82, 2.24) is 5.43 Å². The number of nitrogens with zero attached hydrogens (tertiary/aromatic N) is 1. The molecule has 0 bridgehead atoms. The number of hydrogen-bond acceptors (Lipinski definition) is 3. The summed E-state index contributed by atoms with van der Waals surface area (Å²) in [6, 6.07) is 12.3. The quantitative estimate of drug-likeness (QED) is 0.259. The Bertz CT molecular complexity index is 1110. The lowest BCUT2D eigenvalue weighted by Crippen LogP contribution is -2.22. The number of amides is 1. The minimum Gasteiger partial charge on any atom is -0.508 e. The molecule has 4 nitrogen and oxygen atoms in total. The molecular weight excluding hydrogens is 474 g/mol. The van der Waals surface area contributed by atoms with Crippen LogP contribution < -0.4 is 5.43 Å². The summed E-state index contributed by atoms with van der Waals surface area (Å²) in [5, 5.41) is 13.8. The molecule has 3 rings (SSSR count). The standard InChI is InChI=1S/C22H13ClF6N2O2/c23-17-5-1-12(2-6-17)19(13-3-7-18(32)8-4-13)30-31-20(33)14-9-15(21(24,25)26)11-16(10-14)22(27,28)29/h1-11,32H,(H,31,33). The number of carbonyl (C=O) groups excluding carboxylic acids is 1. The monoisotopic (exact) mass is 486 g/mol. The van der Waals surface area contributed by atoms with Crippen LogP contribution >= 0.6 is 11.6 Å². The number of alkyl halides is 6. The number of benzene rings is 3. The molecular formula is C22H13ClF6N2O2. The topological polar surface area (TPSA) is 61.7 Å². The summed E-state index contributed by atoms with van der Waals surface area (Å²) in [4.78, 5) is 12.5. The van der Waals surface area contributed by atoms with Crippen LogP contribution in [0.5, 0.6) is 5.75 Å². The molecule has 0 saturated carbocycles. The highest BCUT2D eigenvalue weighted by atomic mass is 35.5. The molecule has 0 heterocycles. The molecule has 3 aromatic rings. The zero-order chi connectivity index (χ0) is 24.4. The van der Waals surface area contributed by atoms with E-state index in [0.717, 1.165) is 0 Å². The molecule has 0 saturated heterocycles. The van der Waals surface area contributed by atoms with Crippen molar-refractivity contribution in [2.24, 2.45) is 5.10 Å². The fourth-order valence-corrected chi connectivity index (χ4v) is 2.91. The molecule has 2 N–H and O–H groups in total. The third kappa shape index (κ3) is 6.04. The number of halogens is 7. The van der Waals surface area contributed by atoms with E-state index in [2.05, 4.69) is 5.10 Å². The molecule has 0 atom stereocenters. The zero-order valence-corrected chi connectivity index (χ0v) is 17.1. The number of phenolic OH excluding ortho intramolecular Hbond substituents is 1. The maximum absolute atomic E-state index is 13.1. The van der Waals surface area contributed by atoms with Crippen molar-refractivity contribution in [2.45, 2.75) is 12.4 Å². The second-order valence-electron chi connectivity index (χ2n) is 6.75. The Balaban J connectivity index is 2.02. The van der Waals surface area contributed by atoms with Crippen LogP contribution in [0, 0.1) is 0 Å². The van der Waals surface area contributed by atoms with Gasteiger partial charge in [-0.25, -0.2) is 5.43 Å². The van der Waals surface area contributed by atoms with Gasteiger partial charge in [0.1, 0.15) is 5.75 Å². The molecule has 172 valence electrons. The van der Waals surface area contributed by atoms with Crippen LogP contribution in [0.2, 0.25) is 5.02 Å². The van der Waals surface area contributed by atoms with Gasteiger partial charge in [0.05, 0.1) is 16.8 Å². The van der Waals surface area contributed by atoms with Gasteiger partial charge in [0, 0.05) is 21.7 Å². The highest BCUT2D eigenvalue weighted by Crippen LogP contribution is 2.36. The number of nitrogens with one attached hydrogen (secondary N) is 1. The number of phenols is 1. The first-order chi connectivity index (χ1) is 15.3. The Hall–Kier alpha value is -3.53. The first-order valence-corrected chi connectivity index (χ1v) is 9.45. The van der Waals surface area contributed by atoms with Crippen molar-refractivity contribution in [2.75, 3.05) is 0 Å². The van der Waals surface area contributed by atoms with Crippen molar-refractivity contribution in [1.29, 1.82) is 0 Å². The normalized spacial score (nSPS) is 12.5. The van der Waals surface area contributed by atoms with Crippen LogP contribution in [-0.4, -0.2) is 16.7 Å². The molecule has 0 radical (unpaired) electrons. The van der Waals surface area contributed by atoms with Crippen LogP contribution in [-0.2, 0) is 12.4 Å². The molecule has 0 fully saturated rings. The Morgan fingerprint density at radius 2 is 1.21 bits per heavy atom. The number of rotatable bonds is 4. The Labute approximate surface area is 188 Å². The summed E-state index contributed by atoms with van der Waals surface area (Å²) in [6.07, 6.45) is -10.2. The Kier molecular flexibility index (Phi) is 6.68. The molecule has 3 aromatic carbocycles. The molecule has 0 spiro atoms. The molecule has 0 aliphatic rings. The molecule has 1 amide bonds. The maximum atomic E-state index is 13.1. The van der Waals surface area contributed by atoms with E-state index in [9.17, 15) is 36.2 Å². The predicted octanol–water partition coefficient (Wildman–Crippen LogP) is 6.27. The van der Waals surface area contributed by atoms with Crippen LogP contribution in [0.1, 0.15) is 32.6 Å². The van der Waals surface area contributed by atoms with Crippen molar-refractivity contribution in [3.8, 4) is 5.75 Å². The van der Waals surface area contributed by atoms with E-state index in [-0.39, 0.29) is 17.5 Å². The van der Waals surface area contributed by atoms with Crippen molar-refractivity contribution in [3.63, 3.8) is 0 Å². The third-order valence-electron chi connectivity index (χ3n) is 4.38. The highest BCUT2D eigenvalue weighted by molar-refractivity contribution is 6.30. The predicted molar refractivity (Wildman–Crippen MR) is 109 cm³/mol. The largest absolute Gasteiger partial charge is 0.508 e. The second-order valence-corrected chi connectivity index (χ2v) is 7.19. The minimum absolute atomic E-state index is 0.0538. The fraction of sp³-hybridized carbons (Fsp3) is 0.0909. The number of carbonyl (C=O) groups is 1. The molecule has 0 aliphatic carbocycles. The molecule has 0 aliphatic heterocycles. The summed E-state index contributed by atoms with van der Waals surface area (Å²) >= 11 is 5.87. The first kappa shape index (κ1) is 24.1. The minimum atomic E-state index is -5.10. The third-order valence-corrected chi connectivity index (χ3v) is 4.63. The lowest BCUT2D eigenvalue weighted by atomic mass is 10.0. The van der Waals surface area contributed by atoms with Crippen molar-refractivity contribution < 1.29 is 36.2 Å². The van der Waals surface area contributed by atoms with Crippen LogP contribution in [0.3, 0.4) is 0 Å². The lowest BCUT2D eigenvalue weighted by molar-refractivity contribution is -0.143. The van der Waals surface area contributed by atoms with E-state index in [1.54, 1.807) is 12.1 Å².